The van der Waals surface area contributed by atoms with Crippen molar-refractivity contribution in [2.75, 3.05) is 30.8 Å². The molecule has 0 aliphatic carbocycles. The molecular weight excluding hydrogens is 470 g/mol. The minimum atomic E-state index is -0.179. The third-order valence-electron chi connectivity index (χ3n) is 5.39. The second kappa shape index (κ2) is 12.2. The van der Waals surface area contributed by atoms with Gasteiger partial charge in [-0.05, 0) is 61.7 Å². The van der Waals surface area contributed by atoms with Gasteiger partial charge in [0.2, 0.25) is 5.91 Å². The fourth-order valence-corrected chi connectivity index (χ4v) is 5.43. The van der Waals surface area contributed by atoms with Gasteiger partial charge in [-0.15, -0.1) is 11.3 Å². The number of carbonyl (C=O) groups excluding carboxylic acids is 2. The number of rotatable bonds is 11. The van der Waals surface area contributed by atoms with E-state index in [0.29, 0.717) is 30.2 Å². The standard InChI is InChI=1S/C25H29N3O4S2/c1-2-3-12-31-19-9-6-17(7-10-19)24(30)27-18-8-11-21-22(14-18)34-25(28-21)33-16-23(29)26-15-20-5-4-13-32-20/h6-11,14,20H,2-5,12-13,15-16H2,1H3,(H,26,29)(H,27,30)/t20-/m1/s1. The van der Waals surface area contributed by atoms with E-state index in [1.54, 1.807) is 12.1 Å². The van der Waals surface area contributed by atoms with Gasteiger partial charge in [-0.1, -0.05) is 25.1 Å². The van der Waals surface area contributed by atoms with Crippen molar-refractivity contribution < 1.29 is 19.1 Å². The summed E-state index contributed by atoms with van der Waals surface area (Å²) in [6, 6.07) is 12.8. The van der Waals surface area contributed by atoms with Gasteiger partial charge >= 0.3 is 0 Å². The first kappa shape index (κ1) is 24.5. The smallest absolute Gasteiger partial charge is 0.255 e. The summed E-state index contributed by atoms with van der Waals surface area (Å²) in [5, 5.41) is 5.87. The molecule has 3 aromatic rings. The molecule has 2 aromatic carbocycles. The molecule has 34 heavy (non-hydrogen) atoms. The largest absolute Gasteiger partial charge is 0.494 e. The van der Waals surface area contributed by atoms with Crippen molar-refractivity contribution in [1.29, 1.82) is 0 Å². The number of fused-ring (bicyclic) bond motifs is 1. The number of benzene rings is 2. The van der Waals surface area contributed by atoms with E-state index in [1.165, 1.54) is 23.1 Å². The summed E-state index contributed by atoms with van der Waals surface area (Å²) in [4.78, 5) is 29.4. The Hall–Kier alpha value is -2.62. The zero-order chi connectivity index (χ0) is 23.8. The van der Waals surface area contributed by atoms with Crippen LogP contribution >= 0.6 is 23.1 Å². The summed E-state index contributed by atoms with van der Waals surface area (Å²) in [6.07, 6.45) is 4.29. The van der Waals surface area contributed by atoms with Gasteiger partial charge in [0.25, 0.3) is 5.91 Å². The SMILES string of the molecule is CCCCOc1ccc(C(=O)Nc2ccc3nc(SCC(=O)NC[C@H]4CCCO4)sc3c2)cc1. The first-order valence-electron chi connectivity index (χ1n) is 11.6. The fourth-order valence-electron chi connectivity index (χ4n) is 3.49. The fraction of sp³-hybridized carbons (Fsp3) is 0.400. The predicted octanol–water partition coefficient (Wildman–Crippen LogP) is 5.11. The van der Waals surface area contributed by atoms with Gasteiger partial charge in [-0.2, -0.15) is 0 Å². The summed E-state index contributed by atoms with van der Waals surface area (Å²) in [6.45, 7) is 4.14. The monoisotopic (exact) mass is 499 g/mol. The van der Waals surface area contributed by atoms with Gasteiger partial charge < -0.3 is 20.1 Å². The lowest BCUT2D eigenvalue weighted by atomic mass is 10.2. The third-order valence-corrected chi connectivity index (χ3v) is 7.55. The molecule has 2 heterocycles. The molecule has 1 saturated heterocycles. The van der Waals surface area contributed by atoms with Gasteiger partial charge in [0, 0.05) is 24.4 Å². The molecule has 2 N–H and O–H groups in total. The van der Waals surface area contributed by atoms with Crippen molar-refractivity contribution in [2.24, 2.45) is 0 Å². The second-order valence-electron chi connectivity index (χ2n) is 8.07. The molecule has 7 nitrogen and oxygen atoms in total. The normalized spacial score (nSPS) is 15.4. The maximum atomic E-state index is 12.6. The number of hydrogen-bond acceptors (Lipinski definition) is 7. The van der Waals surface area contributed by atoms with Crippen LogP contribution in [0.5, 0.6) is 5.75 Å². The molecule has 1 aliphatic rings. The quantitative estimate of drug-likeness (QED) is 0.281. The van der Waals surface area contributed by atoms with E-state index < -0.39 is 0 Å². The predicted molar refractivity (Wildman–Crippen MR) is 137 cm³/mol. The van der Waals surface area contributed by atoms with E-state index in [1.807, 2.05) is 30.3 Å². The molecule has 180 valence electrons. The third kappa shape index (κ3) is 6.94. The summed E-state index contributed by atoms with van der Waals surface area (Å²) in [5.41, 5.74) is 2.12. The Bertz CT molecular complexity index is 1110. The van der Waals surface area contributed by atoms with Gasteiger partial charge in [-0.25, -0.2) is 4.98 Å². The lowest BCUT2D eigenvalue weighted by molar-refractivity contribution is -0.119. The maximum Gasteiger partial charge on any atom is 0.255 e. The van der Waals surface area contributed by atoms with Crippen LogP contribution in [-0.4, -0.2) is 48.4 Å². The number of carbonyl (C=O) groups is 2. The van der Waals surface area contributed by atoms with Crippen LogP contribution in [0, 0.1) is 0 Å². The molecule has 0 radical (unpaired) electrons. The summed E-state index contributed by atoms with van der Waals surface area (Å²) < 4.78 is 13.0. The second-order valence-corrected chi connectivity index (χ2v) is 10.3. The Morgan fingerprint density at radius 2 is 2.09 bits per heavy atom. The molecular formula is C25H29N3O4S2. The Morgan fingerprint density at radius 1 is 1.24 bits per heavy atom. The van der Waals surface area contributed by atoms with Crippen LogP contribution in [0.15, 0.2) is 46.8 Å². The summed E-state index contributed by atoms with van der Waals surface area (Å²) >= 11 is 2.93. The number of anilines is 1. The molecule has 0 spiro atoms. The minimum absolute atomic E-state index is 0.0190. The molecule has 1 fully saturated rings. The molecule has 0 bridgehead atoms. The van der Waals surface area contributed by atoms with Crippen LogP contribution in [0.4, 0.5) is 5.69 Å². The number of hydrogen-bond donors (Lipinski definition) is 2. The van der Waals surface area contributed by atoms with Crippen molar-refractivity contribution in [3.8, 4) is 5.75 Å². The molecule has 0 unspecified atom stereocenters. The molecule has 1 aliphatic heterocycles. The molecule has 9 heteroatoms. The van der Waals surface area contributed by atoms with E-state index in [4.69, 9.17) is 9.47 Å². The molecule has 1 atom stereocenters. The van der Waals surface area contributed by atoms with Crippen molar-refractivity contribution in [1.82, 2.24) is 10.3 Å². The first-order valence-corrected chi connectivity index (χ1v) is 13.4. The zero-order valence-corrected chi connectivity index (χ0v) is 20.8. The van der Waals surface area contributed by atoms with E-state index in [-0.39, 0.29) is 17.9 Å². The highest BCUT2D eigenvalue weighted by Crippen LogP contribution is 2.31. The van der Waals surface area contributed by atoms with E-state index in [0.717, 1.165) is 52.6 Å². The first-order chi connectivity index (χ1) is 16.6. The highest BCUT2D eigenvalue weighted by Gasteiger charge is 2.16. The van der Waals surface area contributed by atoms with Crippen molar-refractivity contribution in [3.63, 3.8) is 0 Å². The average molecular weight is 500 g/mol. The van der Waals surface area contributed by atoms with Crippen LogP contribution in [0.3, 0.4) is 0 Å². The van der Waals surface area contributed by atoms with Gasteiger partial charge in [0.05, 0.1) is 28.7 Å². The topological polar surface area (TPSA) is 89.5 Å². The number of thioether (sulfide) groups is 1. The zero-order valence-electron chi connectivity index (χ0n) is 19.2. The lowest BCUT2D eigenvalue weighted by Crippen LogP contribution is -2.32. The van der Waals surface area contributed by atoms with E-state index >= 15 is 0 Å². The number of unbranched alkanes of at least 4 members (excludes halogenated alkanes) is 1. The van der Waals surface area contributed by atoms with Gasteiger partial charge in [-0.3, -0.25) is 9.59 Å². The number of thiazole rings is 1. The molecule has 1 aromatic heterocycles. The van der Waals surface area contributed by atoms with Crippen molar-refractivity contribution in [3.05, 3.63) is 48.0 Å². The van der Waals surface area contributed by atoms with Crippen molar-refractivity contribution in [2.45, 2.75) is 43.1 Å². The summed E-state index contributed by atoms with van der Waals surface area (Å²) in [7, 11) is 0. The van der Waals surface area contributed by atoms with E-state index in [2.05, 4.69) is 22.5 Å². The van der Waals surface area contributed by atoms with Crippen LogP contribution < -0.4 is 15.4 Å². The lowest BCUT2D eigenvalue weighted by Gasteiger charge is -2.09. The van der Waals surface area contributed by atoms with Gasteiger partial charge in [0.15, 0.2) is 4.34 Å². The van der Waals surface area contributed by atoms with Crippen LogP contribution in [0.1, 0.15) is 43.0 Å². The number of nitrogens with one attached hydrogen (secondary N) is 2. The molecule has 4 rings (SSSR count). The number of aromatic nitrogens is 1. The highest BCUT2D eigenvalue weighted by atomic mass is 32.2. The number of nitrogens with zero attached hydrogens (tertiary/aromatic N) is 1. The van der Waals surface area contributed by atoms with Crippen LogP contribution in [0.25, 0.3) is 10.2 Å². The number of amides is 2. The number of ether oxygens (including phenoxy) is 2. The highest BCUT2D eigenvalue weighted by molar-refractivity contribution is 8.01. The average Bonchev–Trinajstić information content (AvgIpc) is 3.51. The molecule has 0 saturated carbocycles. The minimum Gasteiger partial charge on any atom is -0.494 e. The summed E-state index contributed by atoms with van der Waals surface area (Å²) in [5.74, 6) is 0.881. The van der Waals surface area contributed by atoms with Gasteiger partial charge in [0.1, 0.15) is 5.75 Å². The Morgan fingerprint density at radius 3 is 2.85 bits per heavy atom. The van der Waals surface area contributed by atoms with E-state index in [9.17, 15) is 9.59 Å². The Labute approximate surface area is 207 Å². The Kier molecular flexibility index (Phi) is 8.79. The maximum absolute atomic E-state index is 12.6. The van der Waals surface area contributed by atoms with Crippen LogP contribution in [0.2, 0.25) is 0 Å². The van der Waals surface area contributed by atoms with Crippen molar-refractivity contribution >= 4 is 50.8 Å². The Balaban J connectivity index is 1.29. The molecule has 2 amide bonds. The van der Waals surface area contributed by atoms with Crippen LogP contribution in [-0.2, 0) is 9.53 Å².